The number of hydrogen-bond donors (Lipinski definition) is 0. The van der Waals surface area contributed by atoms with Gasteiger partial charge in [-0.2, -0.15) is 0 Å². The largest absolute Gasteiger partial charge is 0.493 e. The number of aliphatic imine (C=N–C) groups is 1. The summed E-state index contributed by atoms with van der Waals surface area (Å²) in [5, 5.41) is 0.527. The number of aryl methyl sites for hydroxylation is 1. The Balaban J connectivity index is 2.29. The van der Waals surface area contributed by atoms with Crippen molar-refractivity contribution in [2.24, 2.45) is 4.99 Å². The summed E-state index contributed by atoms with van der Waals surface area (Å²) in [4.78, 5) is 4.50. The number of halogens is 1. The summed E-state index contributed by atoms with van der Waals surface area (Å²) in [6.45, 7) is 4.68. The van der Waals surface area contributed by atoms with Gasteiger partial charge in [0, 0.05) is 6.21 Å². The molecule has 0 aromatic heterocycles. The molecule has 0 saturated carbocycles. The van der Waals surface area contributed by atoms with E-state index in [0.29, 0.717) is 23.1 Å². The van der Waals surface area contributed by atoms with Crippen LogP contribution >= 0.6 is 11.6 Å². The molecule has 22 heavy (non-hydrogen) atoms. The third-order valence-corrected chi connectivity index (χ3v) is 3.45. The van der Waals surface area contributed by atoms with E-state index in [4.69, 9.17) is 21.1 Å². The first-order chi connectivity index (χ1) is 10.7. The number of nitrogens with zero attached hydrogens (tertiary/aromatic N) is 1. The van der Waals surface area contributed by atoms with E-state index in [1.54, 1.807) is 13.3 Å². The average Bonchev–Trinajstić information content (AvgIpc) is 2.52. The van der Waals surface area contributed by atoms with E-state index in [-0.39, 0.29) is 0 Å². The lowest BCUT2D eigenvalue weighted by Gasteiger charge is -2.12. The zero-order valence-corrected chi connectivity index (χ0v) is 13.9. The van der Waals surface area contributed by atoms with E-state index < -0.39 is 0 Å². The van der Waals surface area contributed by atoms with E-state index in [1.165, 1.54) is 0 Å². The lowest BCUT2D eigenvalue weighted by molar-refractivity contribution is 0.294. The molecule has 0 fully saturated rings. The molecule has 2 rings (SSSR count). The Morgan fingerprint density at radius 3 is 2.68 bits per heavy atom. The average molecular weight is 318 g/mol. The number of rotatable bonds is 6. The topological polar surface area (TPSA) is 30.8 Å². The van der Waals surface area contributed by atoms with Crippen molar-refractivity contribution in [1.29, 1.82) is 0 Å². The summed E-state index contributed by atoms with van der Waals surface area (Å²) in [6, 6.07) is 11.7. The van der Waals surface area contributed by atoms with E-state index >= 15 is 0 Å². The number of ether oxygens (including phenoxy) is 2. The van der Waals surface area contributed by atoms with Crippen molar-refractivity contribution in [2.45, 2.75) is 20.3 Å². The summed E-state index contributed by atoms with van der Waals surface area (Å²) in [6.07, 6.45) is 2.69. The molecule has 0 atom stereocenters. The Labute approximate surface area is 136 Å². The number of methoxy groups -OCH3 is 1. The molecule has 0 N–H and O–H groups in total. The van der Waals surface area contributed by atoms with E-state index in [0.717, 1.165) is 23.2 Å². The van der Waals surface area contributed by atoms with E-state index in [1.807, 2.05) is 50.2 Å². The molecule has 0 radical (unpaired) electrons. The fraction of sp³-hybridized carbons (Fsp3) is 0.278. The van der Waals surface area contributed by atoms with Crippen LogP contribution in [0.25, 0.3) is 0 Å². The van der Waals surface area contributed by atoms with Gasteiger partial charge in [0.2, 0.25) is 0 Å². The molecule has 0 bridgehead atoms. The maximum absolute atomic E-state index is 6.30. The Morgan fingerprint density at radius 1 is 1.23 bits per heavy atom. The normalized spacial score (nSPS) is 10.9. The van der Waals surface area contributed by atoms with E-state index in [2.05, 4.69) is 4.99 Å². The second kappa shape index (κ2) is 7.85. The molecule has 0 unspecified atom stereocenters. The van der Waals surface area contributed by atoms with Crippen LogP contribution in [0.1, 0.15) is 24.5 Å². The summed E-state index contributed by atoms with van der Waals surface area (Å²) < 4.78 is 11.0. The van der Waals surface area contributed by atoms with Gasteiger partial charge < -0.3 is 9.47 Å². The second-order valence-electron chi connectivity index (χ2n) is 4.93. The molecule has 0 heterocycles. The molecule has 0 spiro atoms. The molecule has 116 valence electrons. The van der Waals surface area contributed by atoms with Crippen LogP contribution in [0.3, 0.4) is 0 Å². The summed E-state index contributed by atoms with van der Waals surface area (Å²) in [5.41, 5.74) is 2.93. The van der Waals surface area contributed by atoms with Gasteiger partial charge >= 0.3 is 0 Å². The van der Waals surface area contributed by atoms with Crippen molar-refractivity contribution >= 4 is 23.5 Å². The van der Waals surface area contributed by atoms with Crippen molar-refractivity contribution in [3.63, 3.8) is 0 Å². The first-order valence-corrected chi connectivity index (χ1v) is 7.63. The van der Waals surface area contributed by atoms with Crippen LogP contribution < -0.4 is 9.47 Å². The van der Waals surface area contributed by atoms with Gasteiger partial charge in [0.1, 0.15) is 0 Å². The Morgan fingerprint density at radius 2 is 2.00 bits per heavy atom. The maximum atomic E-state index is 6.30. The lowest BCUT2D eigenvalue weighted by atomic mass is 10.2. The van der Waals surface area contributed by atoms with Crippen LogP contribution in [0.2, 0.25) is 5.02 Å². The Kier molecular flexibility index (Phi) is 5.84. The Bertz CT molecular complexity index is 668. The molecule has 0 aliphatic heterocycles. The van der Waals surface area contributed by atoms with Crippen LogP contribution in [0, 0.1) is 6.92 Å². The van der Waals surface area contributed by atoms with Gasteiger partial charge in [-0.05, 0) is 42.7 Å². The molecule has 2 aromatic rings. The fourth-order valence-electron chi connectivity index (χ4n) is 2.01. The molecule has 0 saturated heterocycles. The quantitative estimate of drug-likeness (QED) is 0.686. The van der Waals surface area contributed by atoms with Gasteiger partial charge in [-0.3, -0.25) is 4.99 Å². The van der Waals surface area contributed by atoms with Gasteiger partial charge in [-0.1, -0.05) is 36.7 Å². The van der Waals surface area contributed by atoms with Crippen molar-refractivity contribution in [2.75, 3.05) is 13.7 Å². The van der Waals surface area contributed by atoms with Gasteiger partial charge in [0.05, 0.1) is 24.4 Å². The zero-order chi connectivity index (χ0) is 15.9. The van der Waals surface area contributed by atoms with Gasteiger partial charge in [-0.15, -0.1) is 0 Å². The molecule has 0 amide bonds. The van der Waals surface area contributed by atoms with Gasteiger partial charge in [-0.25, -0.2) is 0 Å². The first kappa shape index (κ1) is 16.4. The van der Waals surface area contributed by atoms with E-state index in [9.17, 15) is 0 Å². The molecule has 2 aromatic carbocycles. The third-order valence-electron chi connectivity index (χ3n) is 3.17. The van der Waals surface area contributed by atoms with Crippen molar-refractivity contribution in [3.05, 3.63) is 52.5 Å². The number of para-hydroxylation sites is 1. The molecule has 4 heteroatoms. The fourth-order valence-corrected chi connectivity index (χ4v) is 2.28. The van der Waals surface area contributed by atoms with Crippen LogP contribution in [0.4, 0.5) is 5.69 Å². The summed E-state index contributed by atoms with van der Waals surface area (Å²) in [7, 11) is 1.60. The van der Waals surface area contributed by atoms with Crippen molar-refractivity contribution in [3.8, 4) is 11.5 Å². The second-order valence-corrected chi connectivity index (χ2v) is 5.33. The third kappa shape index (κ3) is 4.01. The van der Waals surface area contributed by atoms with Crippen molar-refractivity contribution < 1.29 is 9.47 Å². The predicted molar refractivity (Wildman–Crippen MR) is 92.2 cm³/mol. The van der Waals surface area contributed by atoms with Gasteiger partial charge in [0.15, 0.2) is 11.5 Å². The van der Waals surface area contributed by atoms with Gasteiger partial charge in [0.25, 0.3) is 0 Å². The highest BCUT2D eigenvalue weighted by Crippen LogP contribution is 2.36. The standard InChI is InChI=1S/C18H20ClNO2/c1-4-9-22-18-15(19)10-14(11-17(18)21-3)12-20-16-8-6-5-7-13(16)2/h5-8,10-12H,4,9H2,1-3H3. The molecule has 3 nitrogen and oxygen atoms in total. The maximum Gasteiger partial charge on any atom is 0.179 e. The minimum Gasteiger partial charge on any atom is -0.493 e. The molecule has 0 aliphatic rings. The minimum absolute atomic E-state index is 0.527. The predicted octanol–water partition coefficient (Wildman–Crippen LogP) is 5.20. The zero-order valence-electron chi connectivity index (χ0n) is 13.1. The smallest absolute Gasteiger partial charge is 0.179 e. The van der Waals surface area contributed by atoms with Crippen LogP contribution in [0.5, 0.6) is 11.5 Å². The molecular weight excluding hydrogens is 298 g/mol. The summed E-state index contributed by atoms with van der Waals surface area (Å²) in [5.74, 6) is 1.20. The molecular formula is C18H20ClNO2. The van der Waals surface area contributed by atoms with Crippen LogP contribution in [-0.2, 0) is 0 Å². The Hall–Kier alpha value is -2.00. The molecule has 0 aliphatic carbocycles. The monoisotopic (exact) mass is 317 g/mol. The van der Waals surface area contributed by atoms with Crippen LogP contribution in [-0.4, -0.2) is 19.9 Å². The lowest BCUT2D eigenvalue weighted by Crippen LogP contribution is -1.99. The first-order valence-electron chi connectivity index (χ1n) is 7.25. The highest BCUT2D eigenvalue weighted by Gasteiger charge is 2.11. The highest BCUT2D eigenvalue weighted by atomic mass is 35.5. The minimum atomic E-state index is 0.527. The number of hydrogen-bond acceptors (Lipinski definition) is 3. The number of benzene rings is 2. The summed E-state index contributed by atoms with van der Waals surface area (Å²) >= 11 is 6.30. The SMILES string of the molecule is CCCOc1c(Cl)cc(C=Nc2ccccc2C)cc1OC. The van der Waals surface area contributed by atoms with Crippen LogP contribution in [0.15, 0.2) is 41.4 Å². The highest BCUT2D eigenvalue weighted by molar-refractivity contribution is 6.32. The van der Waals surface area contributed by atoms with Crippen molar-refractivity contribution in [1.82, 2.24) is 0 Å².